The average molecular weight is 372 g/mol. The summed E-state index contributed by atoms with van der Waals surface area (Å²) in [5.41, 5.74) is 0.925. The molecule has 0 saturated heterocycles. The predicted octanol–water partition coefficient (Wildman–Crippen LogP) is 3.63. The molecule has 26 heavy (non-hydrogen) atoms. The van der Waals surface area contributed by atoms with E-state index in [9.17, 15) is 14.7 Å². The summed E-state index contributed by atoms with van der Waals surface area (Å²) in [5.74, 6) is 0.328. The molecule has 0 spiro atoms. The van der Waals surface area contributed by atoms with E-state index < -0.39 is 5.97 Å². The summed E-state index contributed by atoms with van der Waals surface area (Å²) in [6.07, 6.45) is 1.53. The van der Waals surface area contributed by atoms with Crippen LogP contribution in [-0.4, -0.2) is 27.2 Å². The number of fused-ring (bicyclic) bond motifs is 1. The lowest BCUT2D eigenvalue weighted by Crippen LogP contribution is -2.24. The van der Waals surface area contributed by atoms with Crippen LogP contribution in [0.2, 0.25) is 0 Å². The smallest absolute Gasteiger partial charge is 0.337 e. The molecular formula is C19H20N2O4S. The average Bonchev–Trinajstić information content (AvgIpc) is 3.03. The molecule has 0 fully saturated rings. The Labute approximate surface area is 154 Å². The lowest BCUT2D eigenvalue weighted by Gasteiger charge is -2.10. The molecule has 2 heterocycles. The molecule has 2 aromatic heterocycles. The molecular weight excluding hydrogens is 352 g/mol. The number of hydrogen-bond acceptors (Lipinski definition) is 5. The topological polar surface area (TPSA) is 81.4 Å². The molecule has 3 rings (SSSR count). The van der Waals surface area contributed by atoms with E-state index in [4.69, 9.17) is 4.74 Å². The number of hydrogen-bond donors (Lipinski definition) is 1. The van der Waals surface area contributed by atoms with E-state index in [1.54, 1.807) is 11.5 Å². The van der Waals surface area contributed by atoms with Crippen LogP contribution in [0.4, 0.5) is 0 Å². The van der Waals surface area contributed by atoms with Crippen LogP contribution in [0.1, 0.15) is 34.6 Å². The molecule has 0 radical (unpaired) electrons. The summed E-state index contributed by atoms with van der Waals surface area (Å²) in [7, 11) is 0. The number of carboxylic acids is 1. The Hall–Kier alpha value is -2.67. The molecule has 6 nitrogen and oxygen atoms in total. The first-order valence-corrected chi connectivity index (χ1v) is 9.26. The van der Waals surface area contributed by atoms with Crippen molar-refractivity contribution in [3.05, 3.63) is 57.0 Å². The fourth-order valence-corrected chi connectivity index (χ4v) is 3.69. The van der Waals surface area contributed by atoms with Gasteiger partial charge in [0.2, 0.25) is 0 Å². The number of aromatic carboxylic acids is 1. The standard InChI is InChI=1S/C19H20N2O4S/c1-12-5-7-14(8-6-12)25-10-4-3-9-21-13(2)20-17-16(18(21)22)15(11-26-17)19(23)24/h5-8,11H,3-4,9-10H2,1-2H3,(H,23,24). The molecule has 0 aliphatic heterocycles. The highest BCUT2D eigenvalue weighted by atomic mass is 32.1. The number of carbonyl (C=O) groups is 1. The second-order valence-electron chi connectivity index (χ2n) is 6.12. The van der Waals surface area contributed by atoms with Gasteiger partial charge in [-0.05, 0) is 38.8 Å². The Morgan fingerprint density at radius 1 is 1.23 bits per heavy atom. The van der Waals surface area contributed by atoms with Crippen molar-refractivity contribution in [2.24, 2.45) is 0 Å². The number of aromatic nitrogens is 2. The van der Waals surface area contributed by atoms with E-state index in [0.717, 1.165) is 18.6 Å². The summed E-state index contributed by atoms with van der Waals surface area (Å²) < 4.78 is 7.24. The number of aryl methyl sites for hydroxylation is 2. The fourth-order valence-electron chi connectivity index (χ4n) is 2.74. The molecule has 0 aliphatic carbocycles. The Balaban J connectivity index is 1.65. The normalized spacial score (nSPS) is 11.0. The van der Waals surface area contributed by atoms with E-state index in [1.165, 1.54) is 22.3 Å². The first-order chi connectivity index (χ1) is 12.5. The van der Waals surface area contributed by atoms with Gasteiger partial charge in [-0.3, -0.25) is 9.36 Å². The van der Waals surface area contributed by atoms with Crippen molar-refractivity contribution in [3.63, 3.8) is 0 Å². The highest BCUT2D eigenvalue weighted by molar-refractivity contribution is 7.17. The maximum atomic E-state index is 12.7. The van der Waals surface area contributed by atoms with Crippen LogP contribution in [0.15, 0.2) is 34.4 Å². The third-order valence-corrected chi connectivity index (χ3v) is 5.05. The van der Waals surface area contributed by atoms with Crippen LogP contribution in [-0.2, 0) is 6.54 Å². The molecule has 0 aliphatic rings. The highest BCUT2D eigenvalue weighted by Gasteiger charge is 2.18. The largest absolute Gasteiger partial charge is 0.494 e. The molecule has 0 amide bonds. The fraction of sp³-hybridized carbons (Fsp3) is 0.316. The van der Waals surface area contributed by atoms with Crippen LogP contribution in [0, 0.1) is 13.8 Å². The lowest BCUT2D eigenvalue weighted by atomic mass is 10.2. The van der Waals surface area contributed by atoms with Gasteiger partial charge in [0, 0.05) is 11.9 Å². The van der Waals surface area contributed by atoms with E-state index in [1.807, 2.05) is 31.2 Å². The third-order valence-electron chi connectivity index (χ3n) is 4.18. The van der Waals surface area contributed by atoms with Crippen LogP contribution >= 0.6 is 11.3 Å². The van der Waals surface area contributed by atoms with Crippen molar-refractivity contribution < 1.29 is 14.6 Å². The molecule has 136 valence electrons. The zero-order valence-corrected chi connectivity index (χ0v) is 15.5. The maximum absolute atomic E-state index is 12.7. The van der Waals surface area contributed by atoms with Gasteiger partial charge in [0.15, 0.2) is 0 Å². The van der Waals surface area contributed by atoms with Crippen molar-refractivity contribution in [2.75, 3.05) is 6.61 Å². The van der Waals surface area contributed by atoms with Crippen molar-refractivity contribution >= 4 is 27.5 Å². The van der Waals surface area contributed by atoms with E-state index in [0.29, 0.717) is 23.8 Å². The molecule has 0 bridgehead atoms. The van der Waals surface area contributed by atoms with Gasteiger partial charge >= 0.3 is 5.97 Å². The van der Waals surface area contributed by atoms with Crippen LogP contribution in [0.5, 0.6) is 5.75 Å². The quantitative estimate of drug-likeness (QED) is 0.641. The summed E-state index contributed by atoms with van der Waals surface area (Å²) in [5, 5.41) is 10.9. The second-order valence-corrected chi connectivity index (χ2v) is 6.98. The van der Waals surface area contributed by atoms with Crippen molar-refractivity contribution in [1.82, 2.24) is 9.55 Å². The third kappa shape index (κ3) is 3.77. The molecule has 0 unspecified atom stereocenters. The van der Waals surface area contributed by atoms with Gasteiger partial charge < -0.3 is 9.84 Å². The summed E-state index contributed by atoms with van der Waals surface area (Å²) in [6.45, 7) is 4.84. The van der Waals surface area contributed by atoms with Crippen molar-refractivity contribution in [2.45, 2.75) is 33.2 Å². The number of thiophene rings is 1. The van der Waals surface area contributed by atoms with E-state index >= 15 is 0 Å². The maximum Gasteiger partial charge on any atom is 0.337 e. The summed E-state index contributed by atoms with van der Waals surface area (Å²) in [4.78, 5) is 28.8. The van der Waals surface area contributed by atoms with E-state index in [2.05, 4.69) is 4.98 Å². The van der Waals surface area contributed by atoms with Gasteiger partial charge in [-0.1, -0.05) is 17.7 Å². The molecule has 0 atom stereocenters. The van der Waals surface area contributed by atoms with Crippen LogP contribution in [0.25, 0.3) is 10.2 Å². The van der Waals surface area contributed by atoms with E-state index in [-0.39, 0.29) is 16.5 Å². The zero-order valence-electron chi connectivity index (χ0n) is 14.7. The number of rotatable bonds is 7. The predicted molar refractivity (Wildman–Crippen MR) is 101 cm³/mol. The number of carboxylic acid groups (broad SMARTS) is 1. The molecule has 7 heteroatoms. The Bertz CT molecular complexity index is 989. The van der Waals surface area contributed by atoms with Gasteiger partial charge in [0.05, 0.1) is 17.6 Å². The van der Waals surface area contributed by atoms with Gasteiger partial charge in [-0.2, -0.15) is 0 Å². The number of ether oxygens (including phenoxy) is 1. The van der Waals surface area contributed by atoms with Gasteiger partial charge in [0.1, 0.15) is 16.4 Å². The van der Waals surface area contributed by atoms with Gasteiger partial charge in [0.25, 0.3) is 5.56 Å². The SMILES string of the molecule is Cc1ccc(OCCCCn2c(C)nc3scc(C(=O)O)c3c2=O)cc1. The minimum atomic E-state index is -1.10. The van der Waals surface area contributed by atoms with Gasteiger partial charge in [-0.25, -0.2) is 9.78 Å². The minimum absolute atomic E-state index is 0.0268. The Kier molecular flexibility index (Phi) is 5.37. The number of benzene rings is 1. The Morgan fingerprint density at radius 2 is 1.96 bits per heavy atom. The van der Waals surface area contributed by atoms with Crippen molar-refractivity contribution in [1.29, 1.82) is 0 Å². The monoisotopic (exact) mass is 372 g/mol. The Morgan fingerprint density at radius 3 is 2.65 bits per heavy atom. The number of nitrogens with zero attached hydrogens (tertiary/aromatic N) is 2. The van der Waals surface area contributed by atoms with Gasteiger partial charge in [-0.15, -0.1) is 11.3 Å². The van der Waals surface area contributed by atoms with Crippen LogP contribution in [0.3, 0.4) is 0 Å². The summed E-state index contributed by atoms with van der Waals surface area (Å²) in [6, 6.07) is 7.87. The lowest BCUT2D eigenvalue weighted by molar-refractivity contribution is 0.0699. The molecule has 1 N–H and O–H groups in total. The first kappa shape index (κ1) is 18.1. The molecule has 1 aromatic carbocycles. The first-order valence-electron chi connectivity index (χ1n) is 8.39. The highest BCUT2D eigenvalue weighted by Crippen LogP contribution is 2.21. The molecule has 3 aromatic rings. The second kappa shape index (κ2) is 7.70. The number of unbranched alkanes of at least 4 members (excludes halogenated alkanes) is 1. The zero-order chi connectivity index (χ0) is 18.7. The summed E-state index contributed by atoms with van der Waals surface area (Å²) >= 11 is 1.18. The van der Waals surface area contributed by atoms with Crippen LogP contribution < -0.4 is 10.3 Å². The van der Waals surface area contributed by atoms with Crippen molar-refractivity contribution in [3.8, 4) is 5.75 Å². The molecule has 0 saturated carbocycles. The minimum Gasteiger partial charge on any atom is -0.494 e.